The number of pyridine rings is 1. The molecule has 0 radical (unpaired) electrons. The number of imidazole rings is 1. The van der Waals surface area contributed by atoms with Crippen LogP contribution in [0.3, 0.4) is 0 Å². The second-order valence-electron chi connectivity index (χ2n) is 13.1. The van der Waals surface area contributed by atoms with Gasteiger partial charge in [0.1, 0.15) is 22.7 Å². The number of amides is 2. The molecule has 2 atom stereocenters. The quantitative estimate of drug-likeness (QED) is 0.122. The highest BCUT2D eigenvalue weighted by Gasteiger charge is 2.49. The Balaban J connectivity index is 1.28. The van der Waals surface area contributed by atoms with E-state index in [1.54, 1.807) is 26.8 Å². The summed E-state index contributed by atoms with van der Waals surface area (Å²) in [5.41, 5.74) is 4.69. The summed E-state index contributed by atoms with van der Waals surface area (Å²) < 4.78 is 13.0. The number of nitrogens with zero attached hydrogens (tertiary/aromatic N) is 4. The van der Waals surface area contributed by atoms with Gasteiger partial charge in [-0.1, -0.05) is 62.2 Å². The third kappa shape index (κ3) is 6.08. The Kier molecular flexibility index (Phi) is 8.20. The fourth-order valence-electron chi connectivity index (χ4n) is 6.51. The highest BCUT2D eigenvalue weighted by atomic mass is 16.7. The molecule has 45 heavy (non-hydrogen) atoms. The van der Waals surface area contributed by atoms with Crippen LogP contribution < -0.4 is 9.64 Å². The van der Waals surface area contributed by atoms with E-state index < -0.39 is 11.8 Å². The minimum Gasteiger partial charge on any atom is -0.428 e. The van der Waals surface area contributed by atoms with Crippen LogP contribution in [0.5, 0.6) is 5.75 Å². The van der Waals surface area contributed by atoms with Crippen LogP contribution >= 0.6 is 0 Å². The number of benzene rings is 2. The van der Waals surface area contributed by atoms with Gasteiger partial charge in [-0.2, -0.15) is 0 Å². The van der Waals surface area contributed by atoms with Crippen molar-refractivity contribution in [3.63, 3.8) is 0 Å². The van der Waals surface area contributed by atoms with Crippen molar-refractivity contribution >= 4 is 34.8 Å². The number of ether oxygens (including phenoxy) is 2. The molecule has 1 saturated carbocycles. The van der Waals surface area contributed by atoms with Crippen LogP contribution in [-0.2, 0) is 27.3 Å². The van der Waals surface area contributed by atoms with Crippen LogP contribution in [0, 0.1) is 18.8 Å². The van der Waals surface area contributed by atoms with E-state index in [-0.39, 0.29) is 23.7 Å². The number of fused-ring (bicyclic) bond motifs is 2. The fraction of sp³-hybridized carbons (Fsp3) is 0.417. The van der Waals surface area contributed by atoms with Gasteiger partial charge in [-0.05, 0) is 70.2 Å². The molecule has 0 spiro atoms. The first kappa shape index (κ1) is 30.5. The second-order valence-corrected chi connectivity index (χ2v) is 13.1. The van der Waals surface area contributed by atoms with Crippen molar-refractivity contribution in [1.82, 2.24) is 14.5 Å². The first-order valence-corrected chi connectivity index (χ1v) is 15.9. The zero-order valence-corrected chi connectivity index (χ0v) is 26.6. The zero-order chi connectivity index (χ0) is 31.9. The zero-order valence-electron chi connectivity index (χ0n) is 26.6. The largest absolute Gasteiger partial charge is 0.514 e. The van der Waals surface area contributed by atoms with Crippen molar-refractivity contribution in [1.29, 1.82) is 0 Å². The van der Waals surface area contributed by atoms with E-state index in [1.807, 2.05) is 55.5 Å². The van der Waals surface area contributed by atoms with E-state index in [9.17, 15) is 14.4 Å². The van der Waals surface area contributed by atoms with Crippen molar-refractivity contribution in [2.45, 2.75) is 85.3 Å². The number of aryl methyl sites for hydroxylation is 2. The van der Waals surface area contributed by atoms with Gasteiger partial charge in [0.2, 0.25) is 11.8 Å². The Bertz CT molecular complexity index is 1740. The molecule has 1 aliphatic carbocycles. The average Bonchev–Trinajstić information content (AvgIpc) is 3.45. The van der Waals surface area contributed by atoms with Gasteiger partial charge in [-0.15, -0.1) is 0 Å². The number of aromatic nitrogens is 3. The molecule has 0 unspecified atom stereocenters. The molecule has 1 aliphatic heterocycles. The maximum absolute atomic E-state index is 13.3. The van der Waals surface area contributed by atoms with E-state index >= 15 is 0 Å². The normalized spacial score (nSPS) is 18.4. The number of carbonyl (C=O) groups excluding carboxylic acids is 3. The summed E-state index contributed by atoms with van der Waals surface area (Å²) >= 11 is 0. The van der Waals surface area contributed by atoms with Gasteiger partial charge in [-0.25, -0.2) is 19.7 Å². The first-order valence-electron chi connectivity index (χ1n) is 15.9. The maximum atomic E-state index is 13.3. The summed E-state index contributed by atoms with van der Waals surface area (Å²) in [5.74, 6) is 0.710. The van der Waals surface area contributed by atoms with Gasteiger partial charge in [0.05, 0.1) is 29.8 Å². The van der Waals surface area contributed by atoms with E-state index in [2.05, 4.69) is 11.5 Å². The Labute approximate surface area is 263 Å². The molecule has 234 valence electrons. The monoisotopic (exact) mass is 608 g/mol. The molecule has 9 nitrogen and oxygen atoms in total. The van der Waals surface area contributed by atoms with E-state index in [0.29, 0.717) is 29.2 Å². The molecule has 9 heteroatoms. The average molecular weight is 609 g/mol. The number of imide groups is 1. The van der Waals surface area contributed by atoms with Gasteiger partial charge in [0.15, 0.2) is 5.65 Å². The van der Waals surface area contributed by atoms with Crippen molar-refractivity contribution in [2.75, 3.05) is 4.90 Å². The smallest absolute Gasteiger partial charge is 0.428 e. The third-order valence-electron chi connectivity index (χ3n) is 8.59. The summed E-state index contributed by atoms with van der Waals surface area (Å²) in [4.78, 5) is 50.3. The first-order chi connectivity index (χ1) is 21.5. The second kappa shape index (κ2) is 12.1. The van der Waals surface area contributed by atoms with E-state index in [0.717, 1.165) is 66.7 Å². The predicted molar refractivity (Wildman–Crippen MR) is 172 cm³/mol. The number of carbonyl (C=O) groups is 3. The Morgan fingerprint density at radius 1 is 0.956 bits per heavy atom. The van der Waals surface area contributed by atoms with E-state index in [4.69, 9.17) is 19.4 Å². The molecule has 0 N–H and O–H groups in total. The van der Waals surface area contributed by atoms with Crippen LogP contribution in [-0.4, -0.2) is 38.1 Å². The molecule has 2 fully saturated rings. The molecular weight excluding hydrogens is 568 g/mol. The third-order valence-corrected chi connectivity index (χ3v) is 8.59. The molecule has 6 rings (SSSR count). The lowest BCUT2D eigenvalue weighted by Gasteiger charge is -2.19. The molecule has 2 amide bonds. The molecular formula is C36H40N4O5. The van der Waals surface area contributed by atoms with Gasteiger partial charge < -0.3 is 14.0 Å². The minimum atomic E-state index is -0.746. The van der Waals surface area contributed by atoms with Crippen molar-refractivity contribution < 1.29 is 23.9 Å². The Morgan fingerprint density at radius 3 is 2.27 bits per heavy atom. The Morgan fingerprint density at radius 2 is 1.62 bits per heavy atom. The molecule has 0 bridgehead atoms. The van der Waals surface area contributed by atoms with Gasteiger partial charge in [-0.3, -0.25) is 9.59 Å². The summed E-state index contributed by atoms with van der Waals surface area (Å²) in [5, 5.41) is 0. The van der Waals surface area contributed by atoms with Gasteiger partial charge >= 0.3 is 6.16 Å². The highest BCUT2D eigenvalue weighted by Crippen LogP contribution is 2.41. The SMILES string of the molecule is CCCc1nc2cc(N3C(=O)[C@H]4CCCC[C@H]4C3=O)c(C)nc2n1Cc1ccc(-c2ccccc2OC(=O)OC(C)(C)C)cc1. The standard InChI is InChI=1S/C36H40N4O5/c1-6-11-31-38-28-20-29(40-33(41)26-13-7-8-14-27(26)34(40)42)22(2)37-32(28)39(31)21-23-16-18-24(19-17-23)25-12-9-10-15-30(25)44-35(43)45-36(3,4)5/h9-10,12,15-20,26-27H,6-8,11,13-14,21H2,1-5H3/t26-,27+. The molecule has 2 aromatic heterocycles. The maximum Gasteiger partial charge on any atom is 0.514 e. The number of anilines is 1. The molecule has 4 aromatic rings. The van der Waals surface area contributed by atoms with Crippen molar-refractivity contribution in [2.24, 2.45) is 11.8 Å². The van der Waals surface area contributed by atoms with E-state index in [1.165, 1.54) is 4.90 Å². The number of rotatable bonds is 7. The Hall–Kier alpha value is -4.53. The lowest BCUT2D eigenvalue weighted by atomic mass is 9.81. The summed E-state index contributed by atoms with van der Waals surface area (Å²) in [7, 11) is 0. The molecule has 2 aliphatic rings. The topological polar surface area (TPSA) is 104 Å². The fourth-order valence-corrected chi connectivity index (χ4v) is 6.51. The van der Waals surface area contributed by atoms with Crippen LogP contribution in [0.15, 0.2) is 54.6 Å². The number of hydrogen-bond donors (Lipinski definition) is 0. The van der Waals surface area contributed by atoms with Crippen LogP contribution in [0.25, 0.3) is 22.3 Å². The number of para-hydroxylation sites is 1. The predicted octanol–water partition coefficient (Wildman–Crippen LogP) is 7.40. The molecule has 1 saturated heterocycles. The highest BCUT2D eigenvalue weighted by molar-refractivity contribution is 6.22. The molecule has 3 heterocycles. The molecule has 2 aromatic carbocycles. The van der Waals surface area contributed by atoms with Crippen LogP contribution in [0.1, 0.15) is 76.9 Å². The van der Waals surface area contributed by atoms with Gasteiger partial charge in [0, 0.05) is 12.0 Å². The van der Waals surface area contributed by atoms with Crippen molar-refractivity contribution in [3.8, 4) is 16.9 Å². The summed E-state index contributed by atoms with van der Waals surface area (Å²) in [6.45, 7) is 9.92. The lowest BCUT2D eigenvalue weighted by Crippen LogP contribution is -2.31. The minimum absolute atomic E-state index is 0.0969. The lowest BCUT2D eigenvalue weighted by molar-refractivity contribution is -0.122. The summed E-state index contributed by atoms with van der Waals surface area (Å²) in [6.07, 6.45) is 4.46. The summed E-state index contributed by atoms with van der Waals surface area (Å²) in [6, 6.07) is 17.4. The van der Waals surface area contributed by atoms with Crippen LogP contribution in [0.2, 0.25) is 0 Å². The van der Waals surface area contributed by atoms with Gasteiger partial charge in [0.25, 0.3) is 0 Å². The van der Waals surface area contributed by atoms with Crippen molar-refractivity contribution in [3.05, 3.63) is 71.7 Å². The number of hydrogen-bond acceptors (Lipinski definition) is 7. The van der Waals surface area contributed by atoms with Crippen LogP contribution in [0.4, 0.5) is 10.5 Å².